The first kappa shape index (κ1) is 27.1. The van der Waals surface area contributed by atoms with Crippen LogP contribution in [0.4, 0.5) is 0 Å². The number of hydrogen-bond acceptors (Lipinski definition) is 5. The lowest BCUT2D eigenvalue weighted by molar-refractivity contribution is -0.135. The summed E-state index contributed by atoms with van der Waals surface area (Å²) in [7, 11) is 0. The number of thioether (sulfide) groups is 1. The van der Waals surface area contributed by atoms with Crippen LogP contribution in [0.15, 0.2) is 76.3 Å². The van der Waals surface area contributed by atoms with E-state index in [9.17, 15) is 9.59 Å². The second-order valence-electron chi connectivity index (χ2n) is 8.51. The fraction of sp³-hybridized carbons (Fsp3) is 0.346. The number of rotatable bonds is 2. The second-order valence-corrected chi connectivity index (χ2v) is 10.4. The smallest absolute Gasteiger partial charge is 0.263 e. The van der Waals surface area contributed by atoms with Gasteiger partial charge >= 0.3 is 0 Å². The largest absolute Gasteiger partial charge is 0.353 e. The minimum absolute atomic E-state index is 0.0386. The molecule has 0 aliphatic carbocycles. The molecule has 0 unspecified atom stereocenters. The Morgan fingerprint density at radius 3 is 2.09 bits per heavy atom. The normalized spacial score (nSPS) is 18.7. The van der Waals surface area contributed by atoms with Crippen molar-refractivity contribution in [3.63, 3.8) is 0 Å². The molecule has 0 aromatic heterocycles. The Labute approximate surface area is 221 Å². The predicted octanol–water partition coefficient (Wildman–Crippen LogP) is 5.30. The number of piperazine rings is 1. The summed E-state index contributed by atoms with van der Waals surface area (Å²) in [5, 5.41) is 5.26. The Hall–Kier alpha value is -2.48. The standard InChI is InChI=1S/C14H20N4O2S.2C6H5Cl/c1-8(2)11-12(21-14-16-9(3)6-18(11)14)13(20)17-5-4-15-10(19)7-17;2*7-6-4-2-1-3-5-6/h8-9H,4-7H2,1-3H3,(H,15,19);2*1-5H/t9-;;/m0../s1. The van der Waals surface area contributed by atoms with E-state index in [2.05, 4.69) is 36.0 Å². The summed E-state index contributed by atoms with van der Waals surface area (Å²) in [6.45, 7) is 8.37. The third kappa shape index (κ3) is 7.75. The van der Waals surface area contributed by atoms with Crippen LogP contribution < -0.4 is 5.32 Å². The lowest BCUT2D eigenvalue weighted by atomic mass is 10.1. The van der Waals surface area contributed by atoms with Crippen molar-refractivity contribution in [3.05, 3.63) is 81.3 Å². The first-order valence-corrected chi connectivity index (χ1v) is 13.1. The van der Waals surface area contributed by atoms with Crippen molar-refractivity contribution in [1.29, 1.82) is 0 Å². The molecule has 0 radical (unpaired) electrons. The maximum Gasteiger partial charge on any atom is 0.263 e. The van der Waals surface area contributed by atoms with E-state index in [-0.39, 0.29) is 30.3 Å². The zero-order valence-corrected chi connectivity index (χ0v) is 22.4. The van der Waals surface area contributed by atoms with Gasteiger partial charge < -0.3 is 15.1 Å². The molecule has 2 aromatic carbocycles. The molecule has 3 aliphatic heterocycles. The number of amidine groups is 1. The molecule has 35 heavy (non-hydrogen) atoms. The van der Waals surface area contributed by atoms with Crippen molar-refractivity contribution in [2.45, 2.75) is 26.8 Å². The van der Waals surface area contributed by atoms with Crippen molar-refractivity contribution >= 4 is 51.9 Å². The highest BCUT2D eigenvalue weighted by Gasteiger charge is 2.40. The van der Waals surface area contributed by atoms with Crippen LogP contribution in [0.5, 0.6) is 0 Å². The molecule has 0 saturated carbocycles. The molecule has 2 amide bonds. The SMILES string of the molecule is CC(C)C1=C(C(=O)N2CCNC(=O)C2)SC2=N[C@@H](C)CN21.Clc1ccccc1.Clc1ccccc1. The van der Waals surface area contributed by atoms with Gasteiger partial charge in [0.1, 0.15) is 4.91 Å². The topological polar surface area (TPSA) is 65.0 Å². The predicted molar refractivity (Wildman–Crippen MR) is 146 cm³/mol. The molecule has 186 valence electrons. The summed E-state index contributed by atoms with van der Waals surface area (Å²) in [5.41, 5.74) is 1.05. The van der Waals surface area contributed by atoms with Gasteiger partial charge in [-0.25, -0.2) is 0 Å². The van der Waals surface area contributed by atoms with E-state index in [1.54, 1.807) is 4.90 Å². The van der Waals surface area contributed by atoms with Crippen molar-refractivity contribution in [1.82, 2.24) is 15.1 Å². The first-order chi connectivity index (χ1) is 16.8. The van der Waals surface area contributed by atoms with Crippen LogP contribution >= 0.6 is 35.0 Å². The van der Waals surface area contributed by atoms with Crippen LogP contribution in [0.3, 0.4) is 0 Å². The number of amides is 2. The summed E-state index contributed by atoms with van der Waals surface area (Å²) in [4.78, 5) is 33.4. The number of fused-ring (bicyclic) bond motifs is 1. The van der Waals surface area contributed by atoms with Crippen LogP contribution in [0.1, 0.15) is 20.8 Å². The zero-order chi connectivity index (χ0) is 25.4. The maximum absolute atomic E-state index is 12.8. The summed E-state index contributed by atoms with van der Waals surface area (Å²) in [6, 6.07) is 19.2. The Kier molecular flexibility index (Phi) is 10.1. The molecule has 1 saturated heterocycles. The minimum atomic E-state index is -0.0873. The number of benzene rings is 2. The maximum atomic E-state index is 12.8. The van der Waals surface area contributed by atoms with Gasteiger partial charge in [-0.1, -0.05) is 73.4 Å². The molecule has 3 aliphatic rings. The monoisotopic (exact) mass is 532 g/mol. The summed E-state index contributed by atoms with van der Waals surface area (Å²) >= 11 is 12.5. The molecule has 6 nitrogen and oxygen atoms in total. The Morgan fingerprint density at radius 1 is 1.06 bits per heavy atom. The lowest BCUT2D eigenvalue weighted by Gasteiger charge is -2.27. The van der Waals surface area contributed by atoms with Crippen LogP contribution in [-0.2, 0) is 9.59 Å². The lowest BCUT2D eigenvalue weighted by Crippen LogP contribution is -2.50. The Bertz CT molecular complexity index is 1040. The molecule has 0 spiro atoms. The third-order valence-corrected chi connectivity index (χ3v) is 6.86. The van der Waals surface area contributed by atoms with E-state index in [4.69, 9.17) is 23.2 Å². The summed E-state index contributed by atoms with van der Waals surface area (Å²) in [6.07, 6.45) is 0. The van der Waals surface area contributed by atoms with Crippen LogP contribution in [0.2, 0.25) is 10.0 Å². The van der Waals surface area contributed by atoms with Crippen molar-refractivity contribution < 1.29 is 9.59 Å². The summed E-state index contributed by atoms with van der Waals surface area (Å²) in [5.74, 6) is 0.132. The van der Waals surface area contributed by atoms with E-state index < -0.39 is 0 Å². The van der Waals surface area contributed by atoms with Crippen LogP contribution in [0, 0.1) is 5.92 Å². The fourth-order valence-corrected chi connectivity index (χ4v) is 5.36. The second kappa shape index (κ2) is 13.0. The molecule has 3 heterocycles. The van der Waals surface area contributed by atoms with Crippen molar-refractivity contribution in [2.75, 3.05) is 26.2 Å². The number of allylic oxidation sites excluding steroid dienone is 1. The number of carbonyl (C=O) groups excluding carboxylic acids is 2. The number of carbonyl (C=O) groups is 2. The van der Waals surface area contributed by atoms with Gasteiger partial charge in [0, 0.05) is 35.4 Å². The van der Waals surface area contributed by atoms with Gasteiger partial charge in [0.25, 0.3) is 5.91 Å². The molecule has 2 aromatic rings. The zero-order valence-electron chi connectivity index (χ0n) is 20.1. The van der Waals surface area contributed by atoms with Crippen molar-refractivity contribution in [2.24, 2.45) is 10.9 Å². The third-order valence-electron chi connectivity index (χ3n) is 5.26. The highest BCUT2D eigenvalue weighted by Crippen LogP contribution is 2.41. The average Bonchev–Trinajstić information content (AvgIpc) is 3.36. The molecular formula is C26H30Cl2N4O2S. The van der Waals surface area contributed by atoms with Gasteiger partial charge in [0.15, 0.2) is 5.17 Å². The molecule has 1 fully saturated rings. The number of hydrogen-bond donors (Lipinski definition) is 1. The van der Waals surface area contributed by atoms with Crippen LogP contribution in [0.25, 0.3) is 0 Å². The highest BCUT2D eigenvalue weighted by atomic mass is 35.5. The van der Waals surface area contributed by atoms with E-state index in [1.807, 2.05) is 60.7 Å². The number of halogens is 2. The number of nitrogens with one attached hydrogen (secondary N) is 1. The van der Waals surface area contributed by atoms with Gasteiger partial charge in [-0.05, 0) is 48.9 Å². The van der Waals surface area contributed by atoms with Gasteiger partial charge in [0.05, 0.1) is 12.6 Å². The Morgan fingerprint density at radius 2 is 1.63 bits per heavy atom. The van der Waals surface area contributed by atoms with Crippen molar-refractivity contribution in [3.8, 4) is 0 Å². The minimum Gasteiger partial charge on any atom is -0.353 e. The fourth-order valence-electron chi connectivity index (χ4n) is 3.70. The van der Waals surface area contributed by atoms with Crippen LogP contribution in [-0.4, -0.2) is 59.0 Å². The van der Waals surface area contributed by atoms with E-state index in [1.165, 1.54) is 11.8 Å². The Balaban J connectivity index is 0.000000198. The molecule has 1 atom stereocenters. The van der Waals surface area contributed by atoms with E-state index in [0.29, 0.717) is 13.1 Å². The molecule has 9 heteroatoms. The van der Waals surface area contributed by atoms with Gasteiger partial charge in [-0.2, -0.15) is 0 Å². The number of aliphatic imine (C=N–C) groups is 1. The number of nitrogens with zero attached hydrogens (tertiary/aromatic N) is 3. The first-order valence-electron chi connectivity index (χ1n) is 11.5. The summed E-state index contributed by atoms with van der Waals surface area (Å²) < 4.78 is 0. The van der Waals surface area contributed by atoms with Gasteiger partial charge in [-0.15, -0.1) is 0 Å². The molecule has 5 rings (SSSR count). The van der Waals surface area contributed by atoms with Gasteiger partial charge in [0.2, 0.25) is 5.91 Å². The quantitative estimate of drug-likeness (QED) is 0.569. The van der Waals surface area contributed by atoms with E-state index in [0.717, 1.165) is 32.4 Å². The van der Waals surface area contributed by atoms with E-state index >= 15 is 0 Å². The molecular weight excluding hydrogens is 503 g/mol. The molecule has 0 bridgehead atoms. The molecule has 1 N–H and O–H groups in total. The van der Waals surface area contributed by atoms with Gasteiger partial charge in [-0.3, -0.25) is 14.6 Å². The highest BCUT2D eigenvalue weighted by molar-refractivity contribution is 8.18. The average molecular weight is 534 g/mol.